The molecule has 0 spiro atoms. The lowest BCUT2D eigenvalue weighted by Gasteiger charge is -2.16. The van der Waals surface area contributed by atoms with Crippen LogP contribution in [0.3, 0.4) is 0 Å². The molecule has 1 unspecified atom stereocenters. The molecule has 0 aliphatic heterocycles. The predicted molar refractivity (Wildman–Crippen MR) is 91.7 cm³/mol. The quantitative estimate of drug-likeness (QED) is 0.701. The molecule has 2 aromatic rings. The fourth-order valence-electron chi connectivity index (χ4n) is 2.08. The van der Waals surface area contributed by atoms with E-state index in [4.69, 9.17) is 9.47 Å². The standard InChI is InChI=1S/C18H17F3N2O5/c1-10(27-13-6-4-3-5-12(13)19)16(24)22-23-17(25)11-7-8-14(28-18(20)21)15(9-11)26-2/h3-10,18H,1-2H3,(H,22,24)(H,23,25). The molecule has 0 bridgehead atoms. The highest BCUT2D eigenvalue weighted by atomic mass is 19.3. The van der Waals surface area contributed by atoms with Crippen LogP contribution in [0.5, 0.6) is 17.2 Å². The van der Waals surface area contributed by atoms with Gasteiger partial charge in [-0.15, -0.1) is 0 Å². The van der Waals surface area contributed by atoms with E-state index < -0.39 is 30.3 Å². The van der Waals surface area contributed by atoms with Gasteiger partial charge in [-0.25, -0.2) is 4.39 Å². The monoisotopic (exact) mass is 398 g/mol. The SMILES string of the molecule is COc1cc(C(=O)NNC(=O)C(C)Oc2ccccc2F)ccc1OC(F)F. The molecule has 10 heteroatoms. The molecule has 0 aromatic heterocycles. The van der Waals surface area contributed by atoms with Crippen LogP contribution in [0, 0.1) is 5.82 Å². The molecule has 7 nitrogen and oxygen atoms in total. The van der Waals surface area contributed by atoms with E-state index in [1.54, 1.807) is 6.07 Å². The van der Waals surface area contributed by atoms with Crippen molar-refractivity contribution in [2.75, 3.05) is 7.11 Å². The van der Waals surface area contributed by atoms with Crippen LogP contribution in [0.15, 0.2) is 42.5 Å². The van der Waals surface area contributed by atoms with Gasteiger partial charge in [0.05, 0.1) is 7.11 Å². The molecule has 0 aliphatic rings. The molecule has 0 radical (unpaired) electrons. The summed E-state index contributed by atoms with van der Waals surface area (Å²) in [5, 5.41) is 0. The van der Waals surface area contributed by atoms with Crippen molar-refractivity contribution in [3.63, 3.8) is 0 Å². The number of alkyl halides is 2. The number of carbonyl (C=O) groups excluding carboxylic acids is 2. The number of para-hydroxylation sites is 1. The molecular formula is C18H17F3N2O5. The number of benzene rings is 2. The molecule has 2 aromatic carbocycles. The fraction of sp³-hybridized carbons (Fsp3) is 0.222. The highest BCUT2D eigenvalue weighted by molar-refractivity contribution is 5.96. The van der Waals surface area contributed by atoms with Gasteiger partial charge >= 0.3 is 6.61 Å². The van der Waals surface area contributed by atoms with Gasteiger partial charge in [-0.2, -0.15) is 8.78 Å². The number of carbonyl (C=O) groups is 2. The first kappa shape index (κ1) is 20.9. The van der Waals surface area contributed by atoms with Gasteiger partial charge in [-0.05, 0) is 37.3 Å². The maximum absolute atomic E-state index is 13.5. The lowest BCUT2D eigenvalue weighted by Crippen LogP contribution is -2.47. The molecule has 0 heterocycles. The molecule has 28 heavy (non-hydrogen) atoms. The molecule has 0 aliphatic carbocycles. The van der Waals surface area contributed by atoms with E-state index in [0.29, 0.717) is 0 Å². The second-order valence-corrected chi connectivity index (χ2v) is 5.38. The molecule has 0 fully saturated rings. The highest BCUT2D eigenvalue weighted by Gasteiger charge is 2.18. The maximum atomic E-state index is 13.5. The number of methoxy groups -OCH3 is 1. The van der Waals surface area contributed by atoms with E-state index in [2.05, 4.69) is 15.6 Å². The molecule has 1 atom stereocenters. The van der Waals surface area contributed by atoms with Gasteiger partial charge < -0.3 is 14.2 Å². The smallest absolute Gasteiger partial charge is 0.387 e. The molecule has 0 saturated carbocycles. The number of hydrazine groups is 1. The Labute approximate surface area is 158 Å². The fourth-order valence-corrected chi connectivity index (χ4v) is 2.08. The Morgan fingerprint density at radius 3 is 2.32 bits per heavy atom. The summed E-state index contributed by atoms with van der Waals surface area (Å²) < 4.78 is 52.5. The summed E-state index contributed by atoms with van der Waals surface area (Å²) in [7, 11) is 1.22. The number of hydrogen-bond acceptors (Lipinski definition) is 5. The van der Waals surface area contributed by atoms with Crippen molar-refractivity contribution in [3.05, 3.63) is 53.8 Å². The van der Waals surface area contributed by atoms with Crippen LogP contribution in [-0.2, 0) is 4.79 Å². The number of halogens is 3. The van der Waals surface area contributed by atoms with Gasteiger partial charge in [-0.3, -0.25) is 20.4 Å². The van der Waals surface area contributed by atoms with Crippen LogP contribution in [0.25, 0.3) is 0 Å². The van der Waals surface area contributed by atoms with Crippen molar-refractivity contribution in [3.8, 4) is 17.2 Å². The Hall–Kier alpha value is -3.43. The van der Waals surface area contributed by atoms with Gasteiger partial charge in [0.1, 0.15) is 0 Å². The molecular weight excluding hydrogens is 381 g/mol. The number of amides is 2. The second kappa shape index (κ2) is 9.49. The van der Waals surface area contributed by atoms with Crippen LogP contribution in [0.2, 0.25) is 0 Å². The van der Waals surface area contributed by atoms with Crippen LogP contribution in [0.1, 0.15) is 17.3 Å². The average molecular weight is 398 g/mol. The third kappa shape index (κ3) is 5.53. The predicted octanol–water partition coefficient (Wildman–Crippen LogP) is 2.66. The van der Waals surface area contributed by atoms with Gasteiger partial charge in [0.15, 0.2) is 29.2 Å². The van der Waals surface area contributed by atoms with Crippen LogP contribution < -0.4 is 25.1 Å². The largest absolute Gasteiger partial charge is 0.493 e. The number of ether oxygens (including phenoxy) is 3. The molecule has 2 N–H and O–H groups in total. The van der Waals surface area contributed by atoms with Crippen molar-refractivity contribution < 1.29 is 37.0 Å². The van der Waals surface area contributed by atoms with Crippen molar-refractivity contribution in [1.29, 1.82) is 0 Å². The minimum absolute atomic E-state index is 0.0152. The lowest BCUT2D eigenvalue weighted by molar-refractivity contribution is -0.128. The maximum Gasteiger partial charge on any atom is 0.387 e. The number of hydrogen-bond donors (Lipinski definition) is 2. The summed E-state index contributed by atoms with van der Waals surface area (Å²) in [5.74, 6) is -2.56. The normalized spacial score (nSPS) is 11.5. The Balaban J connectivity index is 1.95. The van der Waals surface area contributed by atoms with Gasteiger partial charge in [-0.1, -0.05) is 12.1 Å². The molecule has 2 rings (SSSR count). The van der Waals surface area contributed by atoms with Crippen LogP contribution in [-0.4, -0.2) is 31.6 Å². The average Bonchev–Trinajstić information content (AvgIpc) is 2.67. The summed E-state index contributed by atoms with van der Waals surface area (Å²) in [6.45, 7) is -1.68. The first-order chi connectivity index (χ1) is 13.3. The van der Waals surface area contributed by atoms with E-state index in [1.165, 1.54) is 44.4 Å². The van der Waals surface area contributed by atoms with Crippen molar-refractivity contribution in [2.24, 2.45) is 0 Å². The van der Waals surface area contributed by atoms with Crippen LogP contribution >= 0.6 is 0 Å². The minimum Gasteiger partial charge on any atom is -0.493 e. The van der Waals surface area contributed by atoms with Crippen molar-refractivity contribution >= 4 is 11.8 Å². The first-order valence-electron chi connectivity index (χ1n) is 7.96. The summed E-state index contributed by atoms with van der Waals surface area (Å²) >= 11 is 0. The molecule has 0 saturated heterocycles. The Morgan fingerprint density at radius 1 is 0.964 bits per heavy atom. The lowest BCUT2D eigenvalue weighted by atomic mass is 10.2. The highest BCUT2D eigenvalue weighted by Crippen LogP contribution is 2.29. The minimum atomic E-state index is -3.05. The zero-order chi connectivity index (χ0) is 20.7. The van der Waals surface area contributed by atoms with Crippen LogP contribution in [0.4, 0.5) is 13.2 Å². The summed E-state index contributed by atoms with van der Waals surface area (Å²) in [5.41, 5.74) is 4.28. The van der Waals surface area contributed by atoms with Crippen molar-refractivity contribution in [2.45, 2.75) is 19.6 Å². The van der Waals surface area contributed by atoms with Gasteiger partial charge in [0.25, 0.3) is 11.8 Å². The first-order valence-corrected chi connectivity index (χ1v) is 7.96. The Bertz CT molecular complexity index is 848. The number of rotatable bonds is 7. The molecule has 150 valence electrons. The Morgan fingerprint density at radius 2 is 1.68 bits per heavy atom. The van der Waals surface area contributed by atoms with Gasteiger partial charge in [0, 0.05) is 5.56 Å². The molecule has 2 amide bonds. The second-order valence-electron chi connectivity index (χ2n) is 5.38. The third-order valence-electron chi connectivity index (χ3n) is 3.45. The zero-order valence-corrected chi connectivity index (χ0v) is 14.9. The van der Waals surface area contributed by atoms with E-state index >= 15 is 0 Å². The topological polar surface area (TPSA) is 85.9 Å². The summed E-state index contributed by atoms with van der Waals surface area (Å²) in [6, 6.07) is 9.05. The summed E-state index contributed by atoms with van der Waals surface area (Å²) in [4.78, 5) is 24.1. The number of nitrogens with one attached hydrogen (secondary N) is 2. The zero-order valence-electron chi connectivity index (χ0n) is 14.9. The van der Waals surface area contributed by atoms with E-state index in [0.717, 1.165) is 6.07 Å². The van der Waals surface area contributed by atoms with E-state index in [9.17, 15) is 22.8 Å². The third-order valence-corrected chi connectivity index (χ3v) is 3.45. The van der Waals surface area contributed by atoms with Crippen molar-refractivity contribution in [1.82, 2.24) is 10.9 Å². The summed E-state index contributed by atoms with van der Waals surface area (Å²) in [6.07, 6.45) is -1.10. The van der Waals surface area contributed by atoms with E-state index in [-0.39, 0.29) is 22.8 Å². The Kier molecular flexibility index (Phi) is 7.08. The van der Waals surface area contributed by atoms with Gasteiger partial charge in [0.2, 0.25) is 0 Å². The van der Waals surface area contributed by atoms with E-state index in [1.807, 2.05) is 0 Å².